The lowest BCUT2D eigenvalue weighted by atomic mass is 9.95. The van der Waals surface area contributed by atoms with E-state index >= 15 is 0 Å². The highest BCUT2D eigenvalue weighted by Crippen LogP contribution is 2.20. The van der Waals surface area contributed by atoms with Gasteiger partial charge >= 0.3 is 5.97 Å². The highest BCUT2D eigenvalue weighted by atomic mass is 16.5. The molecule has 2 rings (SSSR count). The second-order valence-electron chi connectivity index (χ2n) is 3.54. The number of carbonyl (C=O) groups excluding carboxylic acids is 1. The number of esters is 1. The van der Waals surface area contributed by atoms with Gasteiger partial charge in [-0.3, -0.25) is 0 Å². The lowest BCUT2D eigenvalue weighted by molar-refractivity contribution is -0.135. The molecule has 1 aromatic carbocycles. The van der Waals surface area contributed by atoms with Crippen LogP contribution >= 0.6 is 0 Å². The summed E-state index contributed by atoms with van der Waals surface area (Å²) in [6, 6.07) is 9.85. The minimum atomic E-state index is -0.332. The molecule has 1 N–H and O–H groups in total. The van der Waals surface area contributed by atoms with Gasteiger partial charge in [0, 0.05) is 6.54 Å². The van der Waals surface area contributed by atoms with Crippen LogP contribution < -0.4 is 5.43 Å². The van der Waals surface area contributed by atoms with Gasteiger partial charge < -0.3 is 10.2 Å². The second-order valence-corrected chi connectivity index (χ2v) is 3.54. The van der Waals surface area contributed by atoms with E-state index in [1.54, 1.807) is 6.92 Å². The van der Waals surface area contributed by atoms with Crippen LogP contribution in [0, 0.1) is 0 Å². The molecule has 0 saturated carbocycles. The van der Waals surface area contributed by atoms with E-state index in [-0.39, 0.29) is 11.9 Å². The molecule has 4 heteroatoms. The second kappa shape index (κ2) is 4.79. The molecule has 4 nitrogen and oxygen atoms in total. The Bertz CT molecular complexity index is 401. The van der Waals surface area contributed by atoms with Crippen molar-refractivity contribution in [3.8, 4) is 0 Å². The SMILES string of the molecule is CCOC(=O)C1=NNC[C@H]1c1ccccc1. The molecular weight excluding hydrogens is 204 g/mol. The lowest BCUT2D eigenvalue weighted by Gasteiger charge is -2.10. The van der Waals surface area contributed by atoms with Gasteiger partial charge in [-0.05, 0) is 12.5 Å². The van der Waals surface area contributed by atoms with Crippen LogP contribution in [0.1, 0.15) is 18.4 Å². The summed E-state index contributed by atoms with van der Waals surface area (Å²) in [5.74, 6) is -0.332. The van der Waals surface area contributed by atoms with Gasteiger partial charge in [0.15, 0.2) is 5.71 Å². The molecule has 0 saturated heterocycles. The first-order valence-electron chi connectivity index (χ1n) is 5.35. The van der Waals surface area contributed by atoms with E-state index in [1.807, 2.05) is 30.3 Å². The Morgan fingerprint density at radius 2 is 2.25 bits per heavy atom. The molecule has 0 aromatic heterocycles. The van der Waals surface area contributed by atoms with Gasteiger partial charge in [-0.25, -0.2) is 4.79 Å². The van der Waals surface area contributed by atoms with Crippen molar-refractivity contribution >= 4 is 11.7 Å². The molecule has 16 heavy (non-hydrogen) atoms. The summed E-state index contributed by atoms with van der Waals surface area (Å²) in [5.41, 5.74) is 4.40. The molecule has 0 radical (unpaired) electrons. The largest absolute Gasteiger partial charge is 0.461 e. The Morgan fingerprint density at radius 3 is 2.94 bits per heavy atom. The van der Waals surface area contributed by atoms with Crippen LogP contribution in [-0.4, -0.2) is 24.8 Å². The van der Waals surface area contributed by atoms with Gasteiger partial charge in [-0.2, -0.15) is 5.10 Å². The molecule has 0 spiro atoms. The summed E-state index contributed by atoms with van der Waals surface area (Å²) in [6.07, 6.45) is 0. The number of hydrazone groups is 1. The molecule has 0 bridgehead atoms. The molecule has 1 atom stereocenters. The quantitative estimate of drug-likeness (QED) is 0.778. The fourth-order valence-electron chi connectivity index (χ4n) is 1.75. The van der Waals surface area contributed by atoms with Crippen LogP contribution in [0.2, 0.25) is 0 Å². The van der Waals surface area contributed by atoms with Crippen molar-refractivity contribution in [2.75, 3.05) is 13.2 Å². The first-order valence-corrected chi connectivity index (χ1v) is 5.35. The predicted molar refractivity (Wildman–Crippen MR) is 61.3 cm³/mol. The number of benzene rings is 1. The van der Waals surface area contributed by atoms with Crippen molar-refractivity contribution < 1.29 is 9.53 Å². The predicted octanol–water partition coefficient (Wildman–Crippen LogP) is 1.29. The smallest absolute Gasteiger partial charge is 0.355 e. The number of carbonyl (C=O) groups is 1. The van der Waals surface area contributed by atoms with Gasteiger partial charge in [-0.15, -0.1) is 0 Å². The molecule has 1 aliphatic heterocycles. The summed E-state index contributed by atoms with van der Waals surface area (Å²) >= 11 is 0. The molecule has 0 unspecified atom stereocenters. The monoisotopic (exact) mass is 218 g/mol. The van der Waals surface area contributed by atoms with E-state index in [4.69, 9.17) is 4.74 Å². The molecule has 1 aromatic rings. The Labute approximate surface area is 94.3 Å². The zero-order valence-electron chi connectivity index (χ0n) is 9.14. The summed E-state index contributed by atoms with van der Waals surface area (Å²) in [6.45, 7) is 2.82. The number of ether oxygens (including phenoxy) is 1. The minimum absolute atomic E-state index is 0.000231. The standard InChI is InChI=1S/C12H14N2O2/c1-2-16-12(15)11-10(8-13-14-11)9-6-4-3-5-7-9/h3-7,10,13H,2,8H2,1H3/t10-/m0/s1. The van der Waals surface area contributed by atoms with Crippen LogP contribution in [0.5, 0.6) is 0 Å². The summed E-state index contributed by atoms with van der Waals surface area (Å²) < 4.78 is 4.97. The lowest BCUT2D eigenvalue weighted by Crippen LogP contribution is -2.23. The van der Waals surface area contributed by atoms with Crippen molar-refractivity contribution in [1.29, 1.82) is 0 Å². The molecule has 0 aliphatic carbocycles. The van der Waals surface area contributed by atoms with E-state index in [9.17, 15) is 4.79 Å². The van der Waals surface area contributed by atoms with E-state index in [0.29, 0.717) is 18.9 Å². The Hall–Kier alpha value is -1.84. The van der Waals surface area contributed by atoms with Crippen molar-refractivity contribution in [2.45, 2.75) is 12.8 Å². The Balaban J connectivity index is 2.18. The summed E-state index contributed by atoms with van der Waals surface area (Å²) in [5, 5.41) is 4.00. The third kappa shape index (κ3) is 2.05. The van der Waals surface area contributed by atoms with Gasteiger partial charge in [0.2, 0.25) is 0 Å². The van der Waals surface area contributed by atoms with Gasteiger partial charge in [0.1, 0.15) is 0 Å². The first kappa shape index (κ1) is 10.7. The molecular formula is C12H14N2O2. The normalized spacial score (nSPS) is 18.8. The third-order valence-electron chi connectivity index (χ3n) is 2.51. The molecule has 0 amide bonds. The van der Waals surface area contributed by atoms with E-state index in [1.165, 1.54) is 0 Å². The zero-order valence-corrected chi connectivity index (χ0v) is 9.14. The van der Waals surface area contributed by atoms with Gasteiger partial charge in [-0.1, -0.05) is 30.3 Å². The molecule has 0 fully saturated rings. The van der Waals surface area contributed by atoms with Gasteiger partial charge in [0.25, 0.3) is 0 Å². The third-order valence-corrected chi connectivity index (χ3v) is 2.51. The molecule has 1 heterocycles. The summed E-state index contributed by atoms with van der Waals surface area (Å²) in [4.78, 5) is 11.6. The maximum Gasteiger partial charge on any atom is 0.355 e. The number of hydrogen-bond acceptors (Lipinski definition) is 4. The van der Waals surface area contributed by atoms with Crippen LogP contribution in [0.3, 0.4) is 0 Å². The number of hydrogen-bond donors (Lipinski definition) is 1. The summed E-state index contributed by atoms with van der Waals surface area (Å²) in [7, 11) is 0. The minimum Gasteiger partial charge on any atom is -0.461 e. The Morgan fingerprint density at radius 1 is 1.50 bits per heavy atom. The Kier molecular flexibility index (Phi) is 3.19. The van der Waals surface area contributed by atoms with Crippen molar-refractivity contribution in [3.63, 3.8) is 0 Å². The maximum absolute atomic E-state index is 11.6. The number of rotatable bonds is 3. The van der Waals surface area contributed by atoms with Crippen molar-refractivity contribution in [1.82, 2.24) is 5.43 Å². The first-order chi connectivity index (χ1) is 7.83. The van der Waals surface area contributed by atoms with Crippen LogP contribution in [0.4, 0.5) is 0 Å². The van der Waals surface area contributed by atoms with E-state index in [0.717, 1.165) is 5.56 Å². The van der Waals surface area contributed by atoms with Crippen molar-refractivity contribution in [3.05, 3.63) is 35.9 Å². The highest BCUT2D eigenvalue weighted by molar-refractivity contribution is 6.39. The van der Waals surface area contributed by atoms with Gasteiger partial charge in [0.05, 0.1) is 12.5 Å². The average molecular weight is 218 g/mol. The van der Waals surface area contributed by atoms with Crippen LogP contribution in [0.25, 0.3) is 0 Å². The maximum atomic E-state index is 11.6. The van der Waals surface area contributed by atoms with E-state index in [2.05, 4.69) is 10.5 Å². The average Bonchev–Trinajstić information content (AvgIpc) is 2.79. The van der Waals surface area contributed by atoms with E-state index < -0.39 is 0 Å². The molecule has 1 aliphatic rings. The topological polar surface area (TPSA) is 50.7 Å². The number of nitrogens with zero attached hydrogens (tertiary/aromatic N) is 1. The zero-order chi connectivity index (χ0) is 11.4. The molecule has 84 valence electrons. The number of nitrogens with one attached hydrogen (secondary N) is 1. The highest BCUT2D eigenvalue weighted by Gasteiger charge is 2.29. The van der Waals surface area contributed by atoms with Crippen molar-refractivity contribution in [2.24, 2.45) is 5.10 Å². The fourth-order valence-corrected chi connectivity index (χ4v) is 1.75. The van der Waals surface area contributed by atoms with Crippen LogP contribution in [0.15, 0.2) is 35.4 Å². The van der Waals surface area contributed by atoms with Crippen LogP contribution in [-0.2, 0) is 9.53 Å². The fraction of sp³-hybridized carbons (Fsp3) is 0.333.